The first-order valence-corrected chi connectivity index (χ1v) is 10.4. The summed E-state index contributed by atoms with van der Waals surface area (Å²) in [7, 11) is 0. The summed E-state index contributed by atoms with van der Waals surface area (Å²) in [4.78, 5) is 26.0. The van der Waals surface area contributed by atoms with Crippen LogP contribution in [0, 0.1) is 0 Å². The van der Waals surface area contributed by atoms with E-state index in [-0.39, 0.29) is 12.1 Å². The van der Waals surface area contributed by atoms with Crippen LogP contribution in [0.15, 0.2) is 46.9 Å². The van der Waals surface area contributed by atoms with Gasteiger partial charge in [-0.05, 0) is 43.3 Å². The second-order valence-electron chi connectivity index (χ2n) is 8.01. The summed E-state index contributed by atoms with van der Waals surface area (Å²) >= 11 is 1.32. The maximum Gasteiger partial charge on any atom is 0.408 e. The third-order valence-electron chi connectivity index (χ3n) is 4.55. The number of carbonyl (C=O) groups is 2. The number of carbonyl (C=O) groups excluding carboxylic acids is 2. The lowest BCUT2D eigenvalue weighted by atomic mass is 10.0. The molecule has 0 bridgehead atoms. The minimum absolute atomic E-state index is 0.116. The lowest BCUT2D eigenvalue weighted by Crippen LogP contribution is -2.51. The number of rotatable bonds is 5. The summed E-state index contributed by atoms with van der Waals surface area (Å²) < 4.78 is 5.30. The average Bonchev–Trinajstić information content (AvgIpc) is 3.22. The first-order chi connectivity index (χ1) is 14.2. The second kappa shape index (κ2) is 8.85. The number of benzene rings is 1. The zero-order chi connectivity index (χ0) is 21.9. The molecular formula is C21H25N3O5S. The minimum Gasteiger partial charge on any atom is -0.444 e. The SMILES string of the molecule is CC(C)(C)OC(=O)NC(Cc1ccccc1)C(=O)NC1c2ccsc2/C(=N\O)C1O. The molecule has 2 amide bonds. The zero-order valence-electron chi connectivity index (χ0n) is 17.0. The Kier molecular flexibility index (Phi) is 6.42. The molecule has 1 aromatic heterocycles. The number of fused-ring (bicyclic) bond motifs is 1. The maximum atomic E-state index is 13.1. The molecule has 1 aliphatic rings. The van der Waals surface area contributed by atoms with Crippen LogP contribution < -0.4 is 10.6 Å². The number of thiophene rings is 1. The first-order valence-electron chi connectivity index (χ1n) is 9.51. The Balaban J connectivity index is 1.79. The number of nitrogens with zero attached hydrogens (tertiary/aromatic N) is 1. The van der Waals surface area contributed by atoms with Crippen LogP contribution in [0.2, 0.25) is 0 Å². The number of ether oxygens (including phenoxy) is 1. The maximum absolute atomic E-state index is 13.1. The summed E-state index contributed by atoms with van der Waals surface area (Å²) in [6.07, 6.45) is -1.65. The van der Waals surface area contributed by atoms with Crippen LogP contribution in [0.1, 0.15) is 42.8 Å². The number of oxime groups is 1. The molecule has 160 valence electrons. The molecule has 0 aliphatic heterocycles. The van der Waals surface area contributed by atoms with Crippen molar-refractivity contribution >= 4 is 29.0 Å². The predicted molar refractivity (Wildman–Crippen MR) is 113 cm³/mol. The standard InChI is InChI=1S/C21H25N3O5S/c1-21(2,3)29-20(27)22-14(11-12-7-5-4-6-8-12)19(26)23-15-13-9-10-30-18(13)16(24-28)17(15)25/h4-10,14-15,17,25,28H,11H2,1-3H3,(H,22,27)(H,23,26)/b24-16-. The van der Waals surface area contributed by atoms with Gasteiger partial charge in [0.1, 0.15) is 23.5 Å². The topological polar surface area (TPSA) is 120 Å². The molecule has 0 spiro atoms. The number of aliphatic hydroxyl groups is 1. The van der Waals surface area contributed by atoms with Crippen molar-refractivity contribution in [2.45, 2.75) is 51.0 Å². The van der Waals surface area contributed by atoms with E-state index in [0.717, 1.165) is 5.56 Å². The van der Waals surface area contributed by atoms with Crippen molar-refractivity contribution in [1.29, 1.82) is 0 Å². The number of hydrogen-bond acceptors (Lipinski definition) is 7. The normalized spacial score (nSPS) is 20.5. The molecule has 0 fully saturated rings. The Labute approximate surface area is 178 Å². The van der Waals surface area contributed by atoms with Crippen molar-refractivity contribution in [3.8, 4) is 0 Å². The monoisotopic (exact) mass is 431 g/mol. The van der Waals surface area contributed by atoms with Crippen LogP contribution >= 0.6 is 11.3 Å². The van der Waals surface area contributed by atoms with Crippen LogP contribution in [0.4, 0.5) is 4.79 Å². The average molecular weight is 432 g/mol. The van der Waals surface area contributed by atoms with E-state index in [4.69, 9.17) is 4.74 Å². The van der Waals surface area contributed by atoms with Gasteiger partial charge < -0.3 is 25.7 Å². The molecule has 0 radical (unpaired) electrons. The molecule has 3 rings (SSSR count). The molecule has 1 aromatic carbocycles. The van der Waals surface area contributed by atoms with Crippen molar-refractivity contribution < 1.29 is 24.6 Å². The Hall–Kier alpha value is -2.91. The number of alkyl carbamates (subject to hydrolysis) is 1. The number of amides is 2. The summed E-state index contributed by atoms with van der Waals surface area (Å²) in [5.74, 6) is -0.481. The van der Waals surface area contributed by atoms with Gasteiger partial charge >= 0.3 is 6.09 Å². The highest BCUT2D eigenvalue weighted by atomic mass is 32.1. The van der Waals surface area contributed by atoms with Gasteiger partial charge in [-0.3, -0.25) is 4.79 Å². The molecule has 1 heterocycles. The highest BCUT2D eigenvalue weighted by molar-refractivity contribution is 7.12. The van der Waals surface area contributed by atoms with Gasteiger partial charge in [0.2, 0.25) is 5.91 Å². The van der Waals surface area contributed by atoms with E-state index >= 15 is 0 Å². The Morgan fingerprint density at radius 2 is 1.93 bits per heavy atom. The largest absolute Gasteiger partial charge is 0.444 e. The van der Waals surface area contributed by atoms with Crippen molar-refractivity contribution in [1.82, 2.24) is 10.6 Å². The van der Waals surface area contributed by atoms with Gasteiger partial charge in [-0.2, -0.15) is 0 Å². The van der Waals surface area contributed by atoms with E-state index in [1.807, 2.05) is 30.3 Å². The van der Waals surface area contributed by atoms with Crippen LogP contribution in [0.3, 0.4) is 0 Å². The van der Waals surface area contributed by atoms with E-state index in [1.165, 1.54) is 11.3 Å². The van der Waals surface area contributed by atoms with E-state index in [1.54, 1.807) is 32.2 Å². The summed E-state index contributed by atoms with van der Waals surface area (Å²) in [6.45, 7) is 5.21. The van der Waals surface area contributed by atoms with E-state index in [0.29, 0.717) is 10.4 Å². The van der Waals surface area contributed by atoms with Crippen molar-refractivity contribution in [2.75, 3.05) is 0 Å². The lowest BCUT2D eigenvalue weighted by Gasteiger charge is -2.25. The fourth-order valence-electron chi connectivity index (χ4n) is 3.26. The van der Waals surface area contributed by atoms with E-state index in [9.17, 15) is 19.9 Å². The molecule has 1 aliphatic carbocycles. The molecule has 2 aromatic rings. The summed E-state index contributed by atoms with van der Waals surface area (Å²) in [6, 6.07) is 9.34. The molecule has 0 saturated carbocycles. The van der Waals surface area contributed by atoms with Crippen LogP contribution in [-0.4, -0.2) is 45.8 Å². The van der Waals surface area contributed by atoms with Gasteiger partial charge in [0.25, 0.3) is 0 Å². The van der Waals surface area contributed by atoms with Gasteiger partial charge in [-0.1, -0.05) is 35.5 Å². The van der Waals surface area contributed by atoms with Crippen molar-refractivity contribution in [3.05, 3.63) is 57.8 Å². The van der Waals surface area contributed by atoms with Gasteiger partial charge in [-0.25, -0.2) is 4.79 Å². The number of hydrogen-bond donors (Lipinski definition) is 4. The van der Waals surface area contributed by atoms with Gasteiger partial charge in [0, 0.05) is 6.42 Å². The van der Waals surface area contributed by atoms with E-state index in [2.05, 4.69) is 15.8 Å². The summed E-state index contributed by atoms with van der Waals surface area (Å²) in [5.41, 5.74) is 0.932. The smallest absolute Gasteiger partial charge is 0.408 e. The summed E-state index contributed by atoms with van der Waals surface area (Å²) in [5, 5.41) is 30.1. The van der Waals surface area contributed by atoms with Crippen LogP contribution in [0.5, 0.6) is 0 Å². The van der Waals surface area contributed by atoms with Crippen LogP contribution in [0.25, 0.3) is 0 Å². The van der Waals surface area contributed by atoms with E-state index < -0.39 is 35.8 Å². The highest BCUT2D eigenvalue weighted by Crippen LogP contribution is 2.35. The number of nitrogens with one attached hydrogen (secondary N) is 2. The molecule has 3 atom stereocenters. The van der Waals surface area contributed by atoms with Gasteiger partial charge in [-0.15, -0.1) is 11.3 Å². The Bertz CT molecular complexity index is 936. The quantitative estimate of drug-likeness (QED) is 0.428. The van der Waals surface area contributed by atoms with Crippen LogP contribution in [-0.2, 0) is 16.0 Å². The Morgan fingerprint density at radius 1 is 1.23 bits per heavy atom. The minimum atomic E-state index is -1.18. The Morgan fingerprint density at radius 3 is 2.57 bits per heavy atom. The third kappa shape index (κ3) is 4.98. The second-order valence-corrected chi connectivity index (χ2v) is 8.93. The molecule has 9 heteroatoms. The molecule has 0 saturated heterocycles. The third-order valence-corrected chi connectivity index (χ3v) is 5.51. The van der Waals surface area contributed by atoms with Gasteiger partial charge in [0.05, 0.1) is 10.9 Å². The molecule has 8 nitrogen and oxygen atoms in total. The first kappa shape index (κ1) is 21.8. The zero-order valence-corrected chi connectivity index (χ0v) is 17.8. The van der Waals surface area contributed by atoms with Crippen molar-refractivity contribution in [3.63, 3.8) is 0 Å². The molecular weight excluding hydrogens is 406 g/mol. The fraction of sp³-hybridized carbons (Fsp3) is 0.381. The molecule has 30 heavy (non-hydrogen) atoms. The lowest BCUT2D eigenvalue weighted by molar-refractivity contribution is -0.124. The fourth-order valence-corrected chi connectivity index (χ4v) is 4.22. The van der Waals surface area contributed by atoms with Crippen molar-refractivity contribution in [2.24, 2.45) is 5.16 Å². The predicted octanol–water partition coefficient (Wildman–Crippen LogP) is 2.59. The highest BCUT2D eigenvalue weighted by Gasteiger charge is 2.40. The molecule has 3 unspecified atom stereocenters. The van der Waals surface area contributed by atoms with Gasteiger partial charge in [0.15, 0.2) is 0 Å². The number of aliphatic hydroxyl groups excluding tert-OH is 1. The molecule has 4 N–H and O–H groups in total.